The molecule has 0 spiro atoms. The van der Waals surface area contributed by atoms with Gasteiger partial charge in [0, 0.05) is 23.0 Å². The van der Waals surface area contributed by atoms with Gasteiger partial charge >= 0.3 is 5.97 Å². The van der Waals surface area contributed by atoms with E-state index < -0.39 is 0 Å². The Morgan fingerprint density at radius 2 is 1.75 bits per heavy atom. The number of rotatable bonds is 8. The fraction of sp³-hybridized carbons (Fsp3) is 0.0968. The van der Waals surface area contributed by atoms with Crippen LogP contribution in [0.3, 0.4) is 0 Å². The van der Waals surface area contributed by atoms with E-state index in [0.29, 0.717) is 38.5 Å². The van der Waals surface area contributed by atoms with Crippen molar-refractivity contribution in [3.8, 4) is 17.2 Å². The molecule has 1 amide bonds. The molecule has 0 aliphatic carbocycles. The average Bonchev–Trinajstić information content (AvgIpc) is 3.40. The van der Waals surface area contributed by atoms with E-state index >= 15 is 0 Å². The van der Waals surface area contributed by atoms with Gasteiger partial charge < -0.3 is 19.2 Å². The highest BCUT2D eigenvalue weighted by Gasteiger charge is 2.11. The van der Waals surface area contributed by atoms with Crippen molar-refractivity contribution in [1.29, 1.82) is 0 Å². The van der Waals surface area contributed by atoms with E-state index in [1.165, 1.54) is 7.11 Å². The summed E-state index contributed by atoms with van der Waals surface area (Å²) >= 11 is 3.40. The Bertz CT molecular complexity index is 1710. The number of oxazole rings is 1. The van der Waals surface area contributed by atoms with Gasteiger partial charge in [-0.25, -0.2) is 4.98 Å². The number of esters is 1. The minimum atomic E-state index is -0.305. The summed E-state index contributed by atoms with van der Waals surface area (Å²) in [7, 11) is 2.94. The zero-order chi connectivity index (χ0) is 28.1. The second kappa shape index (κ2) is 12.0. The average molecular weight is 598 g/mol. The lowest BCUT2D eigenvalue weighted by Crippen LogP contribution is -2.11. The predicted molar refractivity (Wildman–Crippen MR) is 158 cm³/mol. The molecule has 8 nitrogen and oxygen atoms in total. The molecule has 0 aliphatic heterocycles. The first-order chi connectivity index (χ1) is 19.4. The van der Waals surface area contributed by atoms with Crippen molar-refractivity contribution in [2.45, 2.75) is 6.42 Å². The molecule has 0 unspecified atom stereocenters. The number of nitrogens with zero attached hydrogens (tertiary/aromatic N) is 2. The highest BCUT2D eigenvalue weighted by molar-refractivity contribution is 9.10. The van der Waals surface area contributed by atoms with Crippen molar-refractivity contribution in [2.24, 2.45) is 4.99 Å². The molecular formula is C31H24BrN3O5. The summed E-state index contributed by atoms with van der Waals surface area (Å²) in [5.74, 6) is 0.624. The highest BCUT2D eigenvalue weighted by atomic mass is 79.9. The third-order valence-corrected chi connectivity index (χ3v) is 6.71. The van der Waals surface area contributed by atoms with Crippen molar-refractivity contribution in [1.82, 2.24) is 4.98 Å². The van der Waals surface area contributed by atoms with Crippen LogP contribution in [0.25, 0.3) is 22.6 Å². The molecule has 0 fully saturated rings. The number of hydrogen-bond donors (Lipinski definition) is 1. The summed E-state index contributed by atoms with van der Waals surface area (Å²) in [5.41, 5.74) is 5.78. The highest BCUT2D eigenvalue weighted by Crippen LogP contribution is 2.28. The quantitative estimate of drug-likeness (QED) is 0.153. The first-order valence-electron chi connectivity index (χ1n) is 12.3. The minimum Gasteiger partial charge on any atom is -0.496 e. The van der Waals surface area contributed by atoms with E-state index in [1.807, 2.05) is 60.7 Å². The Balaban J connectivity index is 1.21. The summed E-state index contributed by atoms with van der Waals surface area (Å²) < 4.78 is 16.5. The number of aliphatic imine (C=N–C) groups is 1. The summed E-state index contributed by atoms with van der Waals surface area (Å²) in [5, 5.41) is 2.89. The number of halogens is 1. The van der Waals surface area contributed by atoms with Crippen molar-refractivity contribution >= 4 is 56.5 Å². The lowest BCUT2D eigenvalue weighted by molar-refractivity contribution is -0.139. The van der Waals surface area contributed by atoms with Crippen LogP contribution in [0.4, 0.5) is 11.4 Å². The van der Waals surface area contributed by atoms with Crippen molar-refractivity contribution < 1.29 is 23.5 Å². The summed E-state index contributed by atoms with van der Waals surface area (Å²) in [6, 6.07) is 25.6. The predicted octanol–water partition coefficient (Wildman–Crippen LogP) is 6.98. The van der Waals surface area contributed by atoms with E-state index in [-0.39, 0.29) is 18.3 Å². The van der Waals surface area contributed by atoms with Crippen molar-refractivity contribution in [2.75, 3.05) is 19.5 Å². The topological polar surface area (TPSA) is 103 Å². The van der Waals surface area contributed by atoms with Crippen LogP contribution >= 0.6 is 15.9 Å². The maximum atomic E-state index is 12.6. The van der Waals surface area contributed by atoms with Gasteiger partial charge in [0.25, 0.3) is 5.91 Å². The number of amides is 1. The number of carbonyl (C=O) groups is 2. The first-order valence-corrected chi connectivity index (χ1v) is 13.1. The number of aromatic nitrogens is 1. The van der Waals surface area contributed by atoms with Gasteiger partial charge in [-0.3, -0.25) is 14.6 Å². The number of hydrogen-bond acceptors (Lipinski definition) is 7. The Hall–Kier alpha value is -4.76. The van der Waals surface area contributed by atoms with Crippen LogP contribution in [0.2, 0.25) is 0 Å². The van der Waals surface area contributed by atoms with Crippen LogP contribution in [0, 0.1) is 0 Å². The van der Waals surface area contributed by atoms with Gasteiger partial charge in [-0.15, -0.1) is 0 Å². The zero-order valence-corrected chi connectivity index (χ0v) is 23.3. The number of nitrogens with one attached hydrogen (secondary N) is 1. The Labute approximate surface area is 238 Å². The molecule has 1 aromatic heterocycles. The van der Waals surface area contributed by atoms with Crippen molar-refractivity contribution in [3.05, 3.63) is 106 Å². The largest absolute Gasteiger partial charge is 0.496 e. The second-order valence-electron chi connectivity index (χ2n) is 8.80. The maximum absolute atomic E-state index is 12.6. The Morgan fingerprint density at radius 1 is 0.975 bits per heavy atom. The Kier molecular flexibility index (Phi) is 8.02. The molecule has 9 heteroatoms. The molecule has 200 valence electrons. The van der Waals surface area contributed by atoms with Gasteiger partial charge in [-0.1, -0.05) is 18.2 Å². The fourth-order valence-corrected chi connectivity index (χ4v) is 4.49. The standard InChI is InChI=1S/C31H24BrN3O5/c1-38-27-14-8-22(17-25(27)32)30(37)34-24-9-3-19(4-10-24)18-33-23-11-6-21(7-12-23)31-35-26-15-20(16-29(36)39-2)5-13-28(26)40-31/h3-15,17-18H,16H2,1-2H3,(H,34,37). The molecule has 4 aromatic carbocycles. The number of anilines is 1. The molecule has 0 bridgehead atoms. The lowest BCUT2D eigenvalue weighted by Gasteiger charge is -2.08. The lowest BCUT2D eigenvalue weighted by atomic mass is 10.1. The van der Waals surface area contributed by atoms with E-state index in [4.69, 9.17) is 13.9 Å². The van der Waals surface area contributed by atoms with E-state index in [2.05, 4.69) is 31.2 Å². The van der Waals surface area contributed by atoms with Crippen LogP contribution in [0.15, 0.2) is 98.8 Å². The molecule has 0 aliphatic rings. The van der Waals surface area contributed by atoms with Crippen LogP contribution in [-0.4, -0.2) is 37.3 Å². The summed E-state index contributed by atoms with van der Waals surface area (Å²) in [6.45, 7) is 0. The number of fused-ring (bicyclic) bond motifs is 1. The smallest absolute Gasteiger partial charge is 0.309 e. The number of carbonyl (C=O) groups excluding carboxylic acids is 2. The molecular weight excluding hydrogens is 574 g/mol. The van der Waals surface area contributed by atoms with Crippen LogP contribution in [0.1, 0.15) is 21.5 Å². The normalized spacial score (nSPS) is 11.1. The molecule has 0 atom stereocenters. The third kappa shape index (κ3) is 6.27. The molecule has 0 radical (unpaired) electrons. The van der Waals surface area contributed by atoms with Gasteiger partial charge in [0.05, 0.1) is 30.8 Å². The van der Waals surface area contributed by atoms with E-state index in [1.54, 1.807) is 37.6 Å². The molecule has 0 saturated heterocycles. The van der Waals surface area contributed by atoms with Gasteiger partial charge in [0.15, 0.2) is 5.58 Å². The molecule has 1 heterocycles. The second-order valence-corrected chi connectivity index (χ2v) is 9.66. The first kappa shape index (κ1) is 26.8. The van der Waals surface area contributed by atoms with Gasteiger partial charge in [0.1, 0.15) is 11.3 Å². The van der Waals surface area contributed by atoms with Crippen LogP contribution in [-0.2, 0) is 16.0 Å². The number of benzene rings is 4. The molecule has 1 N–H and O–H groups in total. The van der Waals surface area contributed by atoms with Crippen molar-refractivity contribution in [3.63, 3.8) is 0 Å². The van der Waals surface area contributed by atoms with E-state index in [0.717, 1.165) is 22.4 Å². The molecule has 40 heavy (non-hydrogen) atoms. The van der Waals surface area contributed by atoms with Gasteiger partial charge in [-0.2, -0.15) is 0 Å². The summed E-state index contributed by atoms with van der Waals surface area (Å²) in [6.07, 6.45) is 1.93. The number of methoxy groups -OCH3 is 2. The fourth-order valence-electron chi connectivity index (χ4n) is 3.95. The van der Waals surface area contributed by atoms with E-state index in [9.17, 15) is 9.59 Å². The molecule has 0 saturated carbocycles. The van der Waals surface area contributed by atoms with Crippen LogP contribution in [0.5, 0.6) is 5.75 Å². The maximum Gasteiger partial charge on any atom is 0.309 e. The minimum absolute atomic E-state index is 0.181. The van der Waals surface area contributed by atoms with Gasteiger partial charge in [0.2, 0.25) is 5.89 Å². The summed E-state index contributed by atoms with van der Waals surface area (Å²) in [4.78, 5) is 33.2. The SMILES string of the molecule is COC(=O)Cc1ccc2oc(-c3ccc(N=Cc4ccc(NC(=O)c5ccc(OC)c(Br)c5)cc4)cc3)nc2c1. The Morgan fingerprint density at radius 3 is 2.45 bits per heavy atom. The van der Waals surface area contributed by atoms with Gasteiger partial charge in [-0.05, 0) is 93.8 Å². The van der Waals surface area contributed by atoms with Crippen LogP contribution < -0.4 is 10.1 Å². The number of ether oxygens (including phenoxy) is 2. The zero-order valence-electron chi connectivity index (χ0n) is 21.7. The molecule has 5 aromatic rings. The third-order valence-electron chi connectivity index (χ3n) is 6.09. The monoisotopic (exact) mass is 597 g/mol. The molecule has 5 rings (SSSR count).